The summed E-state index contributed by atoms with van der Waals surface area (Å²) in [5, 5.41) is 3.34. The van der Waals surface area contributed by atoms with Gasteiger partial charge in [-0.05, 0) is 49.4 Å². The molecule has 1 amide bonds. The summed E-state index contributed by atoms with van der Waals surface area (Å²) < 4.78 is 0. The van der Waals surface area contributed by atoms with Crippen molar-refractivity contribution >= 4 is 17.3 Å². The standard InChI is InChI=1S/C19H23N3O/c1-14-6-5-11-22(13-14)19(23)18-10-9-16(12-20-18)21-17-8-4-3-7-15(17)2/h3-4,7-10,12,14,21H,5-6,11,13H2,1-2H3. The zero-order chi connectivity index (χ0) is 16.2. The van der Waals surface area contributed by atoms with Gasteiger partial charge in [0.15, 0.2) is 0 Å². The van der Waals surface area contributed by atoms with E-state index in [1.165, 1.54) is 12.0 Å². The molecule has 3 rings (SSSR count). The van der Waals surface area contributed by atoms with Crippen LogP contribution in [-0.2, 0) is 0 Å². The highest BCUT2D eigenvalue weighted by Crippen LogP contribution is 2.21. The molecule has 1 saturated heterocycles. The maximum absolute atomic E-state index is 12.5. The molecular formula is C19H23N3O. The van der Waals surface area contributed by atoms with Crippen LogP contribution in [0.3, 0.4) is 0 Å². The lowest BCUT2D eigenvalue weighted by atomic mass is 10.00. The van der Waals surface area contributed by atoms with Crippen LogP contribution in [0, 0.1) is 12.8 Å². The number of para-hydroxylation sites is 1. The predicted molar refractivity (Wildman–Crippen MR) is 93.0 cm³/mol. The summed E-state index contributed by atoms with van der Waals surface area (Å²) in [4.78, 5) is 18.8. The van der Waals surface area contributed by atoms with Gasteiger partial charge in [0.05, 0.1) is 11.9 Å². The largest absolute Gasteiger partial charge is 0.354 e. The monoisotopic (exact) mass is 309 g/mol. The molecular weight excluding hydrogens is 286 g/mol. The number of nitrogens with one attached hydrogen (secondary N) is 1. The minimum absolute atomic E-state index is 0.0407. The molecule has 0 bridgehead atoms. The molecule has 0 spiro atoms. The number of aromatic nitrogens is 1. The summed E-state index contributed by atoms with van der Waals surface area (Å²) >= 11 is 0. The lowest BCUT2D eigenvalue weighted by Crippen LogP contribution is -2.39. The van der Waals surface area contributed by atoms with Crippen LogP contribution in [0.1, 0.15) is 35.8 Å². The Morgan fingerprint density at radius 3 is 2.78 bits per heavy atom. The second kappa shape index (κ2) is 6.82. The summed E-state index contributed by atoms with van der Waals surface area (Å²) in [5.41, 5.74) is 3.64. The Kier molecular flexibility index (Phi) is 4.60. The van der Waals surface area contributed by atoms with E-state index in [1.54, 1.807) is 6.20 Å². The molecule has 1 unspecified atom stereocenters. The molecule has 23 heavy (non-hydrogen) atoms. The molecule has 120 valence electrons. The van der Waals surface area contributed by atoms with Crippen LogP contribution < -0.4 is 5.32 Å². The van der Waals surface area contributed by atoms with Gasteiger partial charge in [-0.2, -0.15) is 0 Å². The van der Waals surface area contributed by atoms with Gasteiger partial charge >= 0.3 is 0 Å². The topological polar surface area (TPSA) is 45.2 Å². The fourth-order valence-electron chi connectivity index (χ4n) is 3.00. The Morgan fingerprint density at radius 2 is 2.09 bits per heavy atom. The van der Waals surface area contributed by atoms with Crippen LogP contribution in [0.4, 0.5) is 11.4 Å². The lowest BCUT2D eigenvalue weighted by molar-refractivity contribution is 0.0677. The van der Waals surface area contributed by atoms with Crippen LogP contribution in [0.25, 0.3) is 0 Å². The molecule has 0 radical (unpaired) electrons. The molecule has 1 aromatic heterocycles. The maximum atomic E-state index is 12.5. The molecule has 0 saturated carbocycles. The molecule has 4 heteroatoms. The zero-order valence-corrected chi connectivity index (χ0v) is 13.7. The zero-order valence-electron chi connectivity index (χ0n) is 13.7. The fourth-order valence-corrected chi connectivity index (χ4v) is 3.00. The number of piperidine rings is 1. The lowest BCUT2D eigenvalue weighted by Gasteiger charge is -2.30. The van der Waals surface area contributed by atoms with Crippen LogP contribution in [-0.4, -0.2) is 28.9 Å². The van der Waals surface area contributed by atoms with Gasteiger partial charge in [0.25, 0.3) is 5.91 Å². The second-order valence-electron chi connectivity index (χ2n) is 6.37. The molecule has 1 N–H and O–H groups in total. The Balaban J connectivity index is 1.69. The number of pyridine rings is 1. The van der Waals surface area contributed by atoms with Crippen molar-refractivity contribution in [2.24, 2.45) is 5.92 Å². The number of rotatable bonds is 3. The van der Waals surface area contributed by atoms with Gasteiger partial charge < -0.3 is 10.2 Å². The normalized spacial score (nSPS) is 17.8. The van der Waals surface area contributed by atoms with E-state index < -0.39 is 0 Å². The number of anilines is 2. The predicted octanol–water partition coefficient (Wildman–Crippen LogP) is 4.01. The molecule has 1 fully saturated rings. The van der Waals surface area contributed by atoms with Gasteiger partial charge in [-0.15, -0.1) is 0 Å². The summed E-state index contributed by atoms with van der Waals surface area (Å²) in [5.74, 6) is 0.619. The van der Waals surface area contributed by atoms with E-state index in [4.69, 9.17) is 0 Å². The van der Waals surface area contributed by atoms with Crippen LogP contribution in [0.15, 0.2) is 42.6 Å². The van der Waals surface area contributed by atoms with Gasteiger partial charge in [0.1, 0.15) is 5.69 Å². The maximum Gasteiger partial charge on any atom is 0.272 e. The summed E-state index contributed by atoms with van der Waals surface area (Å²) in [7, 11) is 0. The molecule has 0 aliphatic carbocycles. The third-order valence-corrected chi connectivity index (χ3v) is 4.35. The van der Waals surface area contributed by atoms with E-state index >= 15 is 0 Å². The van der Waals surface area contributed by atoms with Crippen molar-refractivity contribution in [3.05, 3.63) is 53.9 Å². The molecule has 1 aliphatic rings. The molecule has 2 heterocycles. The quantitative estimate of drug-likeness (QED) is 0.932. The number of hydrogen-bond acceptors (Lipinski definition) is 3. The van der Waals surface area contributed by atoms with E-state index in [0.717, 1.165) is 30.9 Å². The van der Waals surface area contributed by atoms with Gasteiger partial charge in [0.2, 0.25) is 0 Å². The number of hydrogen-bond donors (Lipinski definition) is 1. The summed E-state index contributed by atoms with van der Waals surface area (Å²) in [6.07, 6.45) is 4.02. The fraction of sp³-hybridized carbons (Fsp3) is 0.368. The average molecular weight is 309 g/mol. The van der Waals surface area contributed by atoms with Gasteiger partial charge in [-0.3, -0.25) is 4.79 Å². The van der Waals surface area contributed by atoms with Crippen molar-refractivity contribution in [3.8, 4) is 0 Å². The van der Waals surface area contributed by atoms with Crippen molar-refractivity contribution < 1.29 is 4.79 Å². The van der Waals surface area contributed by atoms with E-state index in [0.29, 0.717) is 11.6 Å². The van der Waals surface area contributed by atoms with Crippen molar-refractivity contribution in [1.82, 2.24) is 9.88 Å². The Labute approximate surface area is 137 Å². The van der Waals surface area contributed by atoms with Crippen LogP contribution in [0.5, 0.6) is 0 Å². The number of likely N-dealkylation sites (tertiary alicyclic amines) is 1. The number of nitrogens with zero attached hydrogens (tertiary/aromatic N) is 2. The highest BCUT2D eigenvalue weighted by atomic mass is 16.2. The van der Waals surface area contributed by atoms with Crippen LogP contribution >= 0.6 is 0 Å². The van der Waals surface area contributed by atoms with E-state index in [2.05, 4.69) is 30.2 Å². The van der Waals surface area contributed by atoms with E-state index in [1.807, 2.05) is 35.2 Å². The highest BCUT2D eigenvalue weighted by Gasteiger charge is 2.22. The van der Waals surface area contributed by atoms with Crippen molar-refractivity contribution in [2.45, 2.75) is 26.7 Å². The minimum Gasteiger partial charge on any atom is -0.354 e. The van der Waals surface area contributed by atoms with Crippen molar-refractivity contribution in [1.29, 1.82) is 0 Å². The smallest absolute Gasteiger partial charge is 0.272 e. The third-order valence-electron chi connectivity index (χ3n) is 4.35. The number of carbonyl (C=O) groups excluding carboxylic acids is 1. The Hall–Kier alpha value is -2.36. The average Bonchev–Trinajstić information content (AvgIpc) is 2.57. The molecule has 1 atom stereocenters. The highest BCUT2D eigenvalue weighted by molar-refractivity contribution is 5.92. The van der Waals surface area contributed by atoms with E-state index in [9.17, 15) is 4.79 Å². The Bertz CT molecular complexity index is 681. The first-order chi connectivity index (χ1) is 11.1. The summed E-state index contributed by atoms with van der Waals surface area (Å²) in [6.45, 7) is 5.94. The molecule has 2 aromatic rings. The first-order valence-electron chi connectivity index (χ1n) is 8.21. The first-order valence-corrected chi connectivity index (χ1v) is 8.21. The van der Waals surface area contributed by atoms with Crippen molar-refractivity contribution in [3.63, 3.8) is 0 Å². The third kappa shape index (κ3) is 3.70. The van der Waals surface area contributed by atoms with Crippen molar-refractivity contribution in [2.75, 3.05) is 18.4 Å². The van der Waals surface area contributed by atoms with Gasteiger partial charge in [0, 0.05) is 18.8 Å². The Morgan fingerprint density at radius 1 is 1.26 bits per heavy atom. The van der Waals surface area contributed by atoms with E-state index in [-0.39, 0.29) is 5.91 Å². The number of aryl methyl sites for hydroxylation is 1. The minimum atomic E-state index is 0.0407. The number of amides is 1. The molecule has 1 aliphatic heterocycles. The summed E-state index contributed by atoms with van der Waals surface area (Å²) in [6, 6.07) is 11.8. The van der Waals surface area contributed by atoms with Crippen LogP contribution in [0.2, 0.25) is 0 Å². The van der Waals surface area contributed by atoms with Gasteiger partial charge in [-0.1, -0.05) is 25.1 Å². The number of benzene rings is 1. The first kappa shape index (κ1) is 15.5. The number of carbonyl (C=O) groups is 1. The van der Waals surface area contributed by atoms with Gasteiger partial charge in [-0.25, -0.2) is 4.98 Å². The molecule has 4 nitrogen and oxygen atoms in total. The molecule has 1 aromatic carbocycles. The second-order valence-corrected chi connectivity index (χ2v) is 6.37. The SMILES string of the molecule is Cc1ccccc1Nc1ccc(C(=O)N2CCCC(C)C2)nc1.